The number of aryl methyl sites for hydroxylation is 2. The summed E-state index contributed by atoms with van der Waals surface area (Å²) in [5, 5.41) is 7.30. The topological polar surface area (TPSA) is 96.3 Å². The number of nitrogens with zero attached hydrogens (tertiary/aromatic N) is 3. The van der Waals surface area contributed by atoms with Crippen molar-refractivity contribution in [1.82, 2.24) is 19.4 Å². The molecule has 1 aromatic heterocycles. The summed E-state index contributed by atoms with van der Waals surface area (Å²) in [5.74, 6) is -0.122. The van der Waals surface area contributed by atoms with Crippen molar-refractivity contribution in [3.63, 3.8) is 0 Å². The number of carbonyl (C=O) groups excluding carboxylic acids is 2. The van der Waals surface area contributed by atoms with Crippen LogP contribution in [0.25, 0.3) is 0 Å². The van der Waals surface area contributed by atoms with Gasteiger partial charge in [-0.1, -0.05) is 6.07 Å². The van der Waals surface area contributed by atoms with E-state index < -0.39 is 17.0 Å². The van der Waals surface area contributed by atoms with E-state index in [-0.39, 0.29) is 17.5 Å². The molecule has 2 aliphatic carbocycles. The number of urea groups is 1. The van der Waals surface area contributed by atoms with Gasteiger partial charge in [-0.2, -0.15) is 5.10 Å². The first-order valence-electron chi connectivity index (χ1n) is 9.82. The Bertz CT molecular complexity index is 966. The molecule has 0 saturated carbocycles. The van der Waals surface area contributed by atoms with Crippen molar-refractivity contribution < 1.29 is 13.8 Å². The summed E-state index contributed by atoms with van der Waals surface area (Å²) in [6, 6.07) is 3.34. The molecule has 0 spiro atoms. The molecule has 0 aliphatic heterocycles. The second kappa shape index (κ2) is 7.98. The molecule has 0 saturated heterocycles. The summed E-state index contributed by atoms with van der Waals surface area (Å²) in [4.78, 5) is 25.8. The fourth-order valence-corrected chi connectivity index (χ4v) is 4.74. The van der Waals surface area contributed by atoms with E-state index in [1.807, 2.05) is 0 Å². The predicted molar refractivity (Wildman–Crippen MR) is 110 cm³/mol. The Hall–Kier alpha value is -2.68. The van der Waals surface area contributed by atoms with E-state index in [0.717, 1.165) is 44.2 Å². The third-order valence-corrected chi connectivity index (χ3v) is 6.47. The van der Waals surface area contributed by atoms with Gasteiger partial charge in [-0.25, -0.2) is 9.00 Å². The molecular weight excluding hydrogens is 390 g/mol. The zero-order chi connectivity index (χ0) is 20.5. The lowest BCUT2D eigenvalue weighted by molar-refractivity contribution is -0.129. The maximum Gasteiger partial charge on any atom is 0.331 e. The van der Waals surface area contributed by atoms with Crippen molar-refractivity contribution in [2.75, 3.05) is 19.4 Å². The fourth-order valence-electron chi connectivity index (χ4n) is 4.05. The van der Waals surface area contributed by atoms with E-state index in [9.17, 15) is 13.8 Å². The molecule has 1 heterocycles. The van der Waals surface area contributed by atoms with Gasteiger partial charge in [0.15, 0.2) is 16.0 Å². The summed E-state index contributed by atoms with van der Waals surface area (Å²) < 4.78 is 16.4. The van der Waals surface area contributed by atoms with Crippen LogP contribution in [0, 0.1) is 0 Å². The summed E-state index contributed by atoms with van der Waals surface area (Å²) in [7, 11) is 1.51. The minimum absolute atomic E-state index is 0.0543. The van der Waals surface area contributed by atoms with E-state index in [1.165, 1.54) is 37.9 Å². The van der Waals surface area contributed by atoms with Crippen LogP contribution in [0.15, 0.2) is 23.4 Å². The monoisotopic (exact) mass is 415 g/mol. The summed E-state index contributed by atoms with van der Waals surface area (Å²) in [6.45, 7) is 0.0543. The van der Waals surface area contributed by atoms with Crippen molar-refractivity contribution in [1.29, 1.82) is 0 Å². The molecule has 29 heavy (non-hydrogen) atoms. The highest BCUT2D eigenvalue weighted by molar-refractivity contribution is 7.83. The molecule has 2 aliphatic rings. The Labute approximate surface area is 172 Å². The van der Waals surface area contributed by atoms with Crippen LogP contribution in [-0.4, -0.2) is 44.9 Å². The Balaban J connectivity index is 1.44. The van der Waals surface area contributed by atoms with Gasteiger partial charge in [0.2, 0.25) is 5.91 Å². The van der Waals surface area contributed by atoms with Crippen molar-refractivity contribution in [3.8, 4) is 0 Å². The molecule has 1 unspecified atom stereocenters. The smallest absolute Gasteiger partial charge is 0.331 e. The van der Waals surface area contributed by atoms with Gasteiger partial charge in [0.25, 0.3) is 0 Å². The van der Waals surface area contributed by atoms with E-state index in [0.29, 0.717) is 0 Å². The number of hydrogen-bond donors (Lipinski definition) is 2. The standard InChI is InChI=1S/C20H25N5O3S/c1-24(2)18(26)12-25-10-9-17(22-25)29(28)23-20(27)21-19-15-7-3-5-13(15)11-14-6-4-8-16(14)19/h9-11H,3-8,12H2,1-2H3,(H2,21,23,27). The Morgan fingerprint density at radius 1 is 1.14 bits per heavy atom. The van der Waals surface area contributed by atoms with Crippen LogP contribution in [-0.2, 0) is 48.0 Å². The van der Waals surface area contributed by atoms with E-state index in [4.69, 9.17) is 0 Å². The van der Waals surface area contributed by atoms with Gasteiger partial charge < -0.3 is 10.2 Å². The van der Waals surface area contributed by atoms with Crippen molar-refractivity contribution >= 4 is 28.6 Å². The van der Waals surface area contributed by atoms with Crippen molar-refractivity contribution in [2.45, 2.75) is 50.1 Å². The average molecular weight is 416 g/mol. The lowest BCUT2D eigenvalue weighted by atomic mass is 9.99. The number of benzene rings is 1. The minimum atomic E-state index is -1.81. The Morgan fingerprint density at radius 2 is 1.79 bits per heavy atom. The second-order valence-electron chi connectivity index (χ2n) is 7.70. The number of likely N-dealkylation sites (N-methyl/N-ethyl adjacent to an activating group) is 1. The van der Waals surface area contributed by atoms with Crippen LogP contribution in [0.4, 0.5) is 10.5 Å². The highest BCUT2D eigenvalue weighted by Gasteiger charge is 2.25. The molecule has 8 nitrogen and oxygen atoms in total. The van der Waals surface area contributed by atoms with Crippen LogP contribution in [0.5, 0.6) is 0 Å². The van der Waals surface area contributed by atoms with Gasteiger partial charge in [-0.15, -0.1) is 0 Å². The maximum absolute atomic E-state index is 12.6. The lowest BCUT2D eigenvalue weighted by Crippen LogP contribution is -2.31. The lowest BCUT2D eigenvalue weighted by Gasteiger charge is -2.16. The zero-order valence-corrected chi connectivity index (χ0v) is 17.5. The molecule has 1 aromatic carbocycles. The first-order chi connectivity index (χ1) is 13.9. The molecule has 2 aromatic rings. The maximum atomic E-state index is 12.6. The number of amides is 3. The van der Waals surface area contributed by atoms with Crippen LogP contribution in [0.1, 0.15) is 35.1 Å². The van der Waals surface area contributed by atoms with Crippen LogP contribution >= 0.6 is 0 Å². The van der Waals surface area contributed by atoms with Gasteiger partial charge in [-0.3, -0.25) is 14.2 Å². The number of rotatable bonds is 5. The Kier molecular flexibility index (Phi) is 5.40. The molecule has 0 radical (unpaired) electrons. The van der Waals surface area contributed by atoms with Gasteiger partial charge in [0.05, 0.1) is 0 Å². The van der Waals surface area contributed by atoms with Crippen LogP contribution in [0.3, 0.4) is 0 Å². The summed E-state index contributed by atoms with van der Waals surface area (Å²) in [6.07, 6.45) is 7.80. The number of fused-ring (bicyclic) bond motifs is 2. The largest absolute Gasteiger partial charge is 0.347 e. The number of aromatic nitrogens is 2. The quantitative estimate of drug-likeness (QED) is 0.778. The van der Waals surface area contributed by atoms with E-state index in [1.54, 1.807) is 20.3 Å². The number of hydrogen-bond acceptors (Lipinski definition) is 4. The van der Waals surface area contributed by atoms with Gasteiger partial charge in [0.1, 0.15) is 6.54 Å². The third kappa shape index (κ3) is 4.05. The number of carbonyl (C=O) groups is 2. The van der Waals surface area contributed by atoms with Crippen LogP contribution < -0.4 is 10.0 Å². The van der Waals surface area contributed by atoms with Crippen molar-refractivity contribution in [2.24, 2.45) is 0 Å². The highest BCUT2D eigenvalue weighted by atomic mass is 32.2. The molecule has 2 N–H and O–H groups in total. The first-order valence-corrected chi connectivity index (χ1v) is 11.0. The van der Waals surface area contributed by atoms with E-state index in [2.05, 4.69) is 21.2 Å². The van der Waals surface area contributed by atoms with Gasteiger partial charge in [0, 0.05) is 26.0 Å². The fraction of sp³-hybridized carbons (Fsp3) is 0.450. The number of nitrogens with one attached hydrogen (secondary N) is 2. The molecule has 154 valence electrons. The molecule has 4 rings (SSSR count). The highest BCUT2D eigenvalue weighted by Crippen LogP contribution is 2.38. The molecule has 3 amide bonds. The Morgan fingerprint density at radius 3 is 2.41 bits per heavy atom. The van der Waals surface area contributed by atoms with Crippen molar-refractivity contribution in [3.05, 3.63) is 40.6 Å². The summed E-state index contributed by atoms with van der Waals surface area (Å²) in [5.41, 5.74) is 6.00. The normalized spacial score (nSPS) is 15.5. The predicted octanol–water partition coefficient (Wildman–Crippen LogP) is 1.79. The minimum Gasteiger partial charge on any atom is -0.347 e. The first kappa shape index (κ1) is 19.6. The zero-order valence-electron chi connectivity index (χ0n) is 16.7. The van der Waals surface area contributed by atoms with E-state index >= 15 is 0 Å². The molecule has 0 fully saturated rings. The average Bonchev–Trinajstić information content (AvgIpc) is 3.41. The number of anilines is 1. The third-order valence-electron chi connectivity index (χ3n) is 5.50. The SMILES string of the molecule is CN(C)C(=O)Cn1ccc(S(=O)NC(=O)Nc2c3c(cc4c2CCC4)CCC3)n1. The summed E-state index contributed by atoms with van der Waals surface area (Å²) >= 11 is 0. The molecule has 0 bridgehead atoms. The second-order valence-corrected chi connectivity index (χ2v) is 8.86. The molecular formula is C20H25N5O3S. The van der Waals surface area contributed by atoms with Gasteiger partial charge in [-0.05, 0) is 66.8 Å². The van der Waals surface area contributed by atoms with Gasteiger partial charge >= 0.3 is 6.03 Å². The molecule has 9 heteroatoms. The van der Waals surface area contributed by atoms with Crippen LogP contribution in [0.2, 0.25) is 0 Å². The molecule has 1 atom stereocenters.